The summed E-state index contributed by atoms with van der Waals surface area (Å²) in [6.45, 7) is 8.42. The van der Waals surface area contributed by atoms with Crippen molar-refractivity contribution < 1.29 is 0 Å². The largest absolute Gasteiger partial charge is 0.261 e. The molecule has 0 N–H and O–H groups in total. The molecule has 1 aromatic heterocycles. The van der Waals surface area contributed by atoms with Crippen LogP contribution in [0.25, 0.3) is 11.1 Å². The fourth-order valence-electron chi connectivity index (χ4n) is 1.84. The van der Waals surface area contributed by atoms with Gasteiger partial charge in [0.1, 0.15) is 0 Å². The van der Waals surface area contributed by atoms with Crippen molar-refractivity contribution in [3.63, 3.8) is 0 Å². The van der Waals surface area contributed by atoms with Gasteiger partial charge in [-0.1, -0.05) is 23.8 Å². The first kappa shape index (κ1) is 10.9. The van der Waals surface area contributed by atoms with Crippen molar-refractivity contribution in [3.8, 4) is 11.1 Å². The van der Waals surface area contributed by atoms with Crippen LogP contribution in [-0.4, -0.2) is 4.98 Å². The summed E-state index contributed by atoms with van der Waals surface area (Å²) in [6, 6.07) is 8.75. The lowest BCUT2D eigenvalue weighted by atomic mass is 9.98. The van der Waals surface area contributed by atoms with E-state index in [0.717, 1.165) is 5.69 Å². The normalized spacial score (nSPS) is 10.5. The molecule has 16 heavy (non-hydrogen) atoms. The van der Waals surface area contributed by atoms with E-state index in [1.807, 2.05) is 13.1 Å². The van der Waals surface area contributed by atoms with Crippen molar-refractivity contribution in [2.75, 3.05) is 0 Å². The molecule has 0 aliphatic rings. The molecule has 0 atom stereocenters. The molecule has 1 heterocycles. The molecule has 0 fully saturated rings. The molecule has 0 radical (unpaired) electrons. The fraction of sp³-hybridized carbons (Fsp3) is 0.267. The van der Waals surface area contributed by atoms with Crippen LogP contribution in [0.5, 0.6) is 0 Å². The van der Waals surface area contributed by atoms with Crippen LogP contribution in [-0.2, 0) is 0 Å². The molecular weight excluding hydrogens is 194 g/mol. The lowest BCUT2D eigenvalue weighted by Gasteiger charge is -2.09. The van der Waals surface area contributed by atoms with E-state index in [0.29, 0.717) is 0 Å². The van der Waals surface area contributed by atoms with Crippen LogP contribution in [0, 0.1) is 27.7 Å². The Morgan fingerprint density at radius 3 is 2.31 bits per heavy atom. The molecule has 82 valence electrons. The first-order valence-corrected chi connectivity index (χ1v) is 5.59. The maximum Gasteiger partial charge on any atom is 0.0402 e. The summed E-state index contributed by atoms with van der Waals surface area (Å²) >= 11 is 0. The Hall–Kier alpha value is -1.63. The molecule has 2 aromatic rings. The Kier molecular flexibility index (Phi) is 2.78. The zero-order chi connectivity index (χ0) is 11.7. The highest BCUT2D eigenvalue weighted by Gasteiger charge is 2.04. The summed E-state index contributed by atoms with van der Waals surface area (Å²) in [6.07, 6.45) is 1.96. The van der Waals surface area contributed by atoms with Gasteiger partial charge in [0, 0.05) is 17.5 Å². The van der Waals surface area contributed by atoms with Gasteiger partial charge in [0.25, 0.3) is 0 Å². The third-order valence-corrected chi connectivity index (χ3v) is 3.04. The van der Waals surface area contributed by atoms with Crippen LogP contribution in [0.4, 0.5) is 0 Å². The molecule has 1 nitrogen and oxygen atoms in total. The zero-order valence-electron chi connectivity index (χ0n) is 10.3. The summed E-state index contributed by atoms with van der Waals surface area (Å²) in [5.41, 5.74) is 7.45. The van der Waals surface area contributed by atoms with Crippen molar-refractivity contribution in [3.05, 3.63) is 52.8 Å². The molecule has 0 bridgehead atoms. The lowest BCUT2D eigenvalue weighted by molar-refractivity contribution is 1.15. The van der Waals surface area contributed by atoms with E-state index in [2.05, 4.69) is 50.0 Å². The second-order valence-corrected chi connectivity index (χ2v) is 4.44. The molecule has 2 rings (SSSR count). The van der Waals surface area contributed by atoms with Gasteiger partial charge in [-0.25, -0.2) is 0 Å². The highest BCUT2D eigenvalue weighted by atomic mass is 14.7. The second-order valence-electron chi connectivity index (χ2n) is 4.44. The Bertz CT molecular complexity index is 527. The van der Waals surface area contributed by atoms with Gasteiger partial charge < -0.3 is 0 Å². The highest BCUT2D eigenvalue weighted by Crippen LogP contribution is 2.25. The van der Waals surface area contributed by atoms with Gasteiger partial charge in [0.15, 0.2) is 0 Å². The lowest BCUT2D eigenvalue weighted by Crippen LogP contribution is -1.90. The van der Waals surface area contributed by atoms with Gasteiger partial charge in [0.2, 0.25) is 0 Å². The van der Waals surface area contributed by atoms with Crippen LogP contribution in [0.3, 0.4) is 0 Å². The molecule has 0 aliphatic heterocycles. The maximum absolute atomic E-state index is 4.43. The van der Waals surface area contributed by atoms with Crippen LogP contribution in [0.2, 0.25) is 0 Å². The van der Waals surface area contributed by atoms with Crippen molar-refractivity contribution in [2.45, 2.75) is 27.7 Å². The van der Waals surface area contributed by atoms with E-state index in [1.165, 1.54) is 27.8 Å². The molecule has 1 heteroatoms. The quantitative estimate of drug-likeness (QED) is 0.695. The third-order valence-electron chi connectivity index (χ3n) is 3.04. The molecule has 0 spiro atoms. The molecule has 0 amide bonds. The summed E-state index contributed by atoms with van der Waals surface area (Å²) in [5, 5.41) is 0. The molecular formula is C15H17N. The predicted molar refractivity (Wildman–Crippen MR) is 68.6 cm³/mol. The van der Waals surface area contributed by atoms with Gasteiger partial charge in [-0.15, -0.1) is 0 Å². The Balaban J connectivity index is 2.58. The Morgan fingerprint density at radius 2 is 1.62 bits per heavy atom. The van der Waals surface area contributed by atoms with Crippen molar-refractivity contribution in [2.24, 2.45) is 0 Å². The number of aromatic nitrogens is 1. The third kappa shape index (κ3) is 1.99. The molecule has 0 saturated heterocycles. The number of pyridine rings is 1. The summed E-state index contributed by atoms with van der Waals surface area (Å²) in [5.74, 6) is 0. The van der Waals surface area contributed by atoms with Crippen molar-refractivity contribution in [1.82, 2.24) is 4.98 Å². The van der Waals surface area contributed by atoms with Gasteiger partial charge in [-0.3, -0.25) is 4.98 Å². The van der Waals surface area contributed by atoms with Gasteiger partial charge in [-0.2, -0.15) is 0 Å². The van der Waals surface area contributed by atoms with E-state index in [1.54, 1.807) is 0 Å². The molecule has 0 saturated carbocycles. The number of hydrogen-bond donors (Lipinski definition) is 0. The zero-order valence-corrected chi connectivity index (χ0v) is 10.3. The van der Waals surface area contributed by atoms with E-state index in [4.69, 9.17) is 0 Å². The van der Waals surface area contributed by atoms with Gasteiger partial charge in [0.05, 0.1) is 0 Å². The second kappa shape index (κ2) is 4.09. The average Bonchev–Trinajstić information content (AvgIpc) is 2.26. The summed E-state index contributed by atoms with van der Waals surface area (Å²) in [7, 11) is 0. The van der Waals surface area contributed by atoms with Crippen molar-refractivity contribution >= 4 is 0 Å². The minimum atomic E-state index is 1.11. The summed E-state index contributed by atoms with van der Waals surface area (Å²) in [4.78, 5) is 4.43. The van der Waals surface area contributed by atoms with Crippen LogP contribution in [0.15, 0.2) is 30.5 Å². The first-order chi connectivity index (χ1) is 7.58. The van der Waals surface area contributed by atoms with E-state index >= 15 is 0 Å². The standard InChI is InChI=1S/C15H17N/c1-10-5-6-11(2)15(7-10)14-8-12(3)13(4)16-9-14/h5-9H,1-4H3. The molecule has 0 unspecified atom stereocenters. The topological polar surface area (TPSA) is 12.9 Å². The van der Waals surface area contributed by atoms with Gasteiger partial charge >= 0.3 is 0 Å². The Labute approximate surface area is 97.2 Å². The van der Waals surface area contributed by atoms with Crippen LogP contribution in [0.1, 0.15) is 22.4 Å². The highest BCUT2D eigenvalue weighted by molar-refractivity contribution is 5.67. The fourth-order valence-corrected chi connectivity index (χ4v) is 1.84. The molecule has 0 aliphatic carbocycles. The van der Waals surface area contributed by atoms with E-state index in [9.17, 15) is 0 Å². The predicted octanol–water partition coefficient (Wildman–Crippen LogP) is 3.98. The number of nitrogens with zero attached hydrogens (tertiary/aromatic N) is 1. The number of rotatable bonds is 1. The van der Waals surface area contributed by atoms with Crippen LogP contribution < -0.4 is 0 Å². The van der Waals surface area contributed by atoms with Gasteiger partial charge in [-0.05, 0) is 50.5 Å². The van der Waals surface area contributed by atoms with E-state index in [-0.39, 0.29) is 0 Å². The minimum absolute atomic E-state index is 1.11. The number of aryl methyl sites for hydroxylation is 4. The number of hydrogen-bond acceptors (Lipinski definition) is 1. The monoisotopic (exact) mass is 211 g/mol. The first-order valence-electron chi connectivity index (χ1n) is 5.59. The maximum atomic E-state index is 4.43. The summed E-state index contributed by atoms with van der Waals surface area (Å²) < 4.78 is 0. The van der Waals surface area contributed by atoms with Crippen LogP contribution >= 0.6 is 0 Å². The molecule has 1 aromatic carbocycles. The van der Waals surface area contributed by atoms with Crippen molar-refractivity contribution in [1.29, 1.82) is 0 Å². The minimum Gasteiger partial charge on any atom is -0.261 e. The smallest absolute Gasteiger partial charge is 0.0402 e. The SMILES string of the molecule is Cc1ccc(C)c(-c2cnc(C)c(C)c2)c1. The van der Waals surface area contributed by atoms with E-state index < -0.39 is 0 Å². The number of benzene rings is 1. The Morgan fingerprint density at radius 1 is 0.875 bits per heavy atom. The average molecular weight is 211 g/mol.